The summed E-state index contributed by atoms with van der Waals surface area (Å²) in [4.78, 5) is 11.0. The fraction of sp³-hybridized carbons (Fsp3) is 0.450. The van der Waals surface area contributed by atoms with Gasteiger partial charge < -0.3 is 10.2 Å². The van der Waals surface area contributed by atoms with Crippen molar-refractivity contribution < 1.29 is 0 Å². The molecule has 0 radical (unpaired) electrons. The molecule has 2 heterocycles. The summed E-state index contributed by atoms with van der Waals surface area (Å²) in [5.41, 5.74) is 3.26. The molecule has 0 bridgehead atoms. The van der Waals surface area contributed by atoms with Crippen molar-refractivity contribution in [3.63, 3.8) is 0 Å². The molecule has 0 atom stereocenters. The van der Waals surface area contributed by atoms with Gasteiger partial charge in [0.05, 0.1) is 17.3 Å². The number of hydrogen-bond donors (Lipinski definition) is 1. The van der Waals surface area contributed by atoms with Crippen LogP contribution >= 0.6 is 0 Å². The van der Waals surface area contributed by atoms with Gasteiger partial charge in [0, 0.05) is 6.54 Å². The van der Waals surface area contributed by atoms with E-state index in [0.29, 0.717) is 0 Å². The highest BCUT2D eigenvalue weighted by molar-refractivity contribution is 5.87. The highest BCUT2D eigenvalue weighted by atomic mass is 15.3. The van der Waals surface area contributed by atoms with Crippen molar-refractivity contribution >= 4 is 16.9 Å². The average molecular weight is 352 g/mol. The van der Waals surface area contributed by atoms with Gasteiger partial charge in [-0.1, -0.05) is 32.9 Å². The number of nitrogens with one attached hydrogen (secondary N) is 1. The minimum absolute atomic E-state index is 0.135. The molecule has 0 saturated heterocycles. The smallest absolute Gasteiger partial charge is 0.168 e. The number of rotatable bonds is 6. The van der Waals surface area contributed by atoms with Crippen molar-refractivity contribution in [2.45, 2.75) is 32.6 Å². The van der Waals surface area contributed by atoms with Crippen LogP contribution in [-0.2, 0) is 5.41 Å². The molecule has 0 unspecified atom stereocenters. The van der Waals surface area contributed by atoms with Crippen LogP contribution in [0.15, 0.2) is 36.8 Å². The van der Waals surface area contributed by atoms with Crippen LogP contribution in [0.5, 0.6) is 0 Å². The number of hydrogen-bond acceptors (Lipinski definition) is 5. The monoisotopic (exact) mass is 352 g/mol. The van der Waals surface area contributed by atoms with E-state index < -0.39 is 0 Å². The van der Waals surface area contributed by atoms with E-state index in [9.17, 15) is 0 Å². The van der Waals surface area contributed by atoms with Crippen molar-refractivity contribution in [1.29, 1.82) is 0 Å². The van der Waals surface area contributed by atoms with Crippen LogP contribution in [0.1, 0.15) is 32.8 Å². The normalized spacial score (nSPS) is 12.1. The predicted molar refractivity (Wildman–Crippen MR) is 107 cm³/mol. The maximum absolute atomic E-state index is 4.54. The Morgan fingerprint density at radius 3 is 2.46 bits per heavy atom. The van der Waals surface area contributed by atoms with Gasteiger partial charge in [0.2, 0.25) is 0 Å². The zero-order chi connectivity index (χ0) is 18.7. The van der Waals surface area contributed by atoms with E-state index in [4.69, 9.17) is 0 Å². The highest BCUT2D eigenvalue weighted by Crippen LogP contribution is 2.25. The molecule has 0 aliphatic rings. The Bertz CT molecular complexity index is 858. The van der Waals surface area contributed by atoms with Crippen LogP contribution in [0.25, 0.3) is 16.7 Å². The summed E-state index contributed by atoms with van der Waals surface area (Å²) in [5, 5.41) is 8.89. The first-order chi connectivity index (χ1) is 12.4. The second kappa shape index (κ2) is 7.41. The molecule has 1 aromatic carbocycles. The topological polar surface area (TPSA) is 58.9 Å². The van der Waals surface area contributed by atoms with Crippen molar-refractivity contribution in [2.75, 3.05) is 32.5 Å². The number of benzene rings is 1. The quantitative estimate of drug-likeness (QED) is 0.688. The number of aromatic nitrogens is 4. The van der Waals surface area contributed by atoms with E-state index in [1.165, 1.54) is 5.56 Å². The molecule has 1 N–H and O–H groups in total. The van der Waals surface area contributed by atoms with Crippen molar-refractivity contribution in [3.05, 3.63) is 42.4 Å². The van der Waals surface area contributed by atoms with Crippen molar-refractivity contribution in [3.8, 4) is 5.69 Å². The van der Waals surface area contributed by atoms with Crippen LogP contribution in [0.2, 0.25) is 0 Å². The van der Waals surface area contributed by atoms with Crippen molar-refractivity contribution in [1.82, 2.24) is 24.6 Å². The lowest BCUT2D eigenvalue weighted by atomic mass is 9.87. The van der Waals surface area contributed by atoms with E-state index in [2.05, 4.69) is 84.4 Å². The fourth-order valence-electron chi connectivity index (χ4n) is 2.88. The van der Waals surface area contributed by atoms with Gasteiger partial charge in [0.1, 0.15) is 12.1 Å². The molecule has 3 aromatic rings. The minimum atomic E-state index is 0.135. The molecule has 2 aromatic heterocycles. The van der Waals surface area contributed by atoms with Gasteiger partial charge in [-0.15, -0.1) is 0 Å². The SMILES string of the molecule is CN(C)CCCNc1ncnc2c1cnn2-c1ccc(C(C)(C)C)cc1. The van der Waals surface area contributed by atoms with Gasteiger partial charge >= 0.3 is 0 Å². The molecule has 26 heavy (non-hydrogen) atoms. The van der Waals surface area contributed by atoms with E-state index >= 15 is 0 Å². The lowest BCUT2D eigenvalue weighted by Crippen LogP contribution is -2.16. The minimum Gasteiger partial charge on any atom is -0.369 e. The summed E-state index contributed by atoms with van der Waals surface area (Å²) in [6, 6.07) is 8.51. The maximum atomic E-state index is 4.54. The summed E-state index contributed by atoms with van der Waals surface area (Å²) in [6.45, 7) is 8.56. The van der Waals surface area contributed by atoms with Gasteiger partial charge in [0.15, 0.2) is 5.65 Å². The second-order valence-corrected chi connectivity index (χ2v) is 7.90. The molecule has 3 rings (SSSR count). The Kier molecular flexibility index (Phi) is 5.23. The second-order valence-electron chi connectivity index (χ2n) is 7.90. The Morgan fingerprint density at radius 2 is 1.81 bits per heavy atom. The number of nitrogens with zero attached hydrogens (tertiary/aromatic N) is 5. The van der Waals surface area contributed by atoms with Crippen molar-refractivity contribution in [2.24, 2.45) is 0 Å². The van der Waals surface area contributed by atoms with Crippen LogP contribution in [0.4, 0.5) is 5.82 Å². The Morgan fingerprint density at radius 1 is 1.08 bits per heavy atom. The molecule has 0 spiro atoms. The Balaban J connectivity index is 1.84. The van der Waals surface area contributed by atoms with Gasteiger partial charge in [-0.25, -0.2) is 14.6 Å². The van der Waals surface area contributed by atoms with E-state index in [1.807, 2.05) is 10.9 Å². The van der Waals surface area contributed by atoms with Gasteiger partial charge in [-0.05, 0) is 50.2 Å². The van der Waals surface area contributed by atoms with E-state index in [0.717, 1.165) is 42.0 Å². The fourth-order valence-corrected chi connectivity index (χ4v) is 2.88. The zero-order valence-corrected chi connectivity index (χ0v) is 16.3. The summed E-state index contributed by atoms with van der Waals surface area (Å²) in [7, 11) is 4.16. The average Bonchev–Trinajstić information content (AvgIpc) is 3.02. The lowest BCUT2D eigenvalue weighted by molar-refractivity contribution is 0.405. The molecule has 0 aliphatic carbocycles. The van der Waals surface area contributed by atoms with Crippen LogP contribution in [0.3, 0.4) is 0 Å². The highest BCUT2D eigenvalue weighted by Gasteiger charge is 2.15. The molecule has 0 amide bonds. The molecule has 6 heteroatoms. The first-order valence-electron chi connectivity index (χ1n) is 9.04. The maximum Gasteiger partial charge on any atom is 0.168 e. The number of fused-ring (bicyclic) bond motifs is 1. The van der Waals surface area contributed by atoms with E-state index in [1.54, 1.807) is 6.33 Å². The molecular formula is C20H28N6. The third-order valence-electron chi connectivity index (χ3n) is 4.42. The Hall–Kier alpha value is -2.47. The third-order valence-corrected chi connectivity index (χ3v) is 4.42. The zero-order valence-electron chi connectivity index (χ0n) is 16.3. The van der Waals surface area contributed by atoms with Crippen LogP contribution < -0.4 is 5.32 Å². The molecule has 0 fully saturated rings. The molecular weight excluding hydrogens is 324 g/mol. The lowest BCUT2D eigenvalue weighted by Gasteiger charge is -2.19. The van der Waals surface area contributed by atoms with Crippen LogP contribution in [-0.4, -0.2) is 51.8 Å². The summed E-state index contributed by atoms with van der Waals surface area (Å²) >= 11 is 0. The van der Waals surface area contributed by atoms with Gasteiger partial charge in [-0.2, -0.15) is 5.10 Å². The van der Waals surface area contributed by atoms with Gasteiger partial charge in [-0.3, -0.25) is 0 Å². The molecule has 138 valence electrons. The standard InChI is InChI=1S/C20H28N6/c1-20(2,3)15-7-9-16(10-8-15)26-19-17(13-24-26)18(22-14-23-19)21-11-6-12-25(4)5/h7-10,13-14H,6,11-12H2,1-5H3,(H,21,22,23). The molecule has 0 saturated carbocycles. The predicted octanol–water partition coefficient (Wildman–Crippen LogP) is 3.48. The third kappa shape index (κ3) is 4.02. The first kappa shape index (κ1) is 18.3. The number of anilines is 1. The largest absolute Gasteiger partial charge is 0.369 e. The summed E-state index contributed by atoms with van der Waals surface area (Å²) < 4.78 is 1.87. The van der Waals surface area contributed by atoms with E-state index in [-0.39, 0.29) is 5.41 Å². The molecule has 0 aliphatic heterocycles. The van der Waals surface area contributed by atoms with Crippen LogP contribution in [0, 0.1) is 0 Å². The van der Waals surface area contributed by atoms with Gasteiger partial charge in [0.25, 0.3) is 0 Å². The Labute approximate surface area is 155 Å². The first-order valence-corrected chi connectivity index (χ1v) is 9.04. The summed E-state index contributed by atoms with van der Waals surface area (Å²) in [6.07, 6.45) is 4.49. The summed E-state index contributed by atoms with van der Waals surface area (Å²) in [5.74, 6) is 0.839. The molecule has 6 nitrogen and oxygen atoms in total.